The fraction of sp³-hybridized carbons (Fsp3) is 0.150. The van der Waals surface area contributed by atoms with Gasteiger partial charge in [0.05, 0.1) is 11.4 Å². The summed E-state index contributed by atoms with van der Waals surface area (Å²) in [5.74, 6) is -0.879. The van der Waals surface area contributed by atoms with Gasteiger partial charge in [0, 0.05) is 10.8 Å². The molecule has 0 bridgehead atoms. The zero-order valence-electron chi connectivity index (χ0n) is 14.1. The highest BCUT2D eigenvalue weighted by atomic mass is 19.1. The van der Waals surface area contributed by atoms with Crippen molar-refractivity contribution in [2.45, 2.75) is 19.8 Å². The summed E-state index contributed by atoms with van der Waals surface area (Å²) >= 11 is 0. The van der Waals surface area contributed by atoms with E-state index in [2.05, 4.69) is 0 Å². The summed E-state index contributed by atoms with van der Waals surface area (Å²) in [6, 6.07) is 14.3. The Balaban J connectivity index is 2.30. The molecule has 0 amide bonds. The van der Waals surface area contributed by atoms with E-state index in [-0.39, 0.29) is 23.5 Å². The summed E-state index contributed by atoms with van der Waals surface area (Å²) in [7, 11) is 0. The van der Waals surface area contributed by atoms with Gasteiger partial charge in [0.15, 0.2) is 5.96 Å². The number of benzene rings is 3. The first-order valence-electron chi connectivity index (χ1n) is 8.01. The van der Waals surface area contributed by atoms with Gasteiger partial charge in [-0.15, -0.1) is 0 Å². The summed E-state index contributed by atoms with van der Waals surface area (Å²) in [5.41, 5.74) is 7.78. The molecule has 3 aromatic rings. The molecule has 5 heteroatoms. The second-order valence-corrected chi connectivity index (χ2v) is 6.19. The third-order valence-electron chi connectivity index (χ3n) is 4.18. The lowest BCUT2D eigenvalue weighted by Gasteiger charge is -2.28. The van der Waals surface area contributed by atoms with Crippen LogP contribution >= 0.6 is 0 Å². The van der Waals surface area contributed by atoms with Crippen molar-refractivity contribution in [3.63, 3.8) is 0 Å². The van der Waals surface area contributed by atoms with Crippen molar-refractivity contribution >= 4 is 28.1 Å². The molecule has 3 rings (SSSR count). The third-order valence-corrected chi connectivity index (χ3v) is 4.18. The van der Waals surface area contributed by atoms with E-state index in [1.807, 2.05) is 13.8 Å². The minimum absolute atomic E-state index is 0.0271. The van der Waals surface area contributed by atoms with Crippen molar-refractivity contribution in [2.75, 3.05) is 4.90 Å². The highest BCUT2D eigenvalue weighted by Crippen LogP contribution is 2.37. The first-order chi connectivity index (χ1) is 11.9. The number of hydrogen-bond donors (Lipinski definition) is 2. The first-order valence-corrected chi connectivity index (χ1v) is 8.01. The normalized spacial score (nSPS) is 11.1. The van der Waals surface area contributed by atoms with Crippen molar-refractivity contribution in [1.82, 2.24) is 0 Å². The Hall–Kier alpha value is -2.95. The van der Waals surface area contributed by atoms with Crippen LogP contribution in [0.25, 0.3) is 10.8 Å². The van der Waals surface area contributed by atoms with Crippen LogP contribution in [0.15, 0.2) is 54.6 Å². The zero-order chi connectivity index (χ0) is 18.1. The second kappa shape index (κ2) is 6.51. The average Bonchev–Trinajstić information content (AvgIpc) is 2.58. The van der Waals surface area contributed by atoms with Gasteiger partial charge in [-0.3, -0.25) is 10.3 Å². The maximum Gasteiger partial charge on any atom is 0.197 e. The fourth-order valence-electron chi connectivity index (χ4n) is 3.02. The Morgan fingerprint density at radius 1 is 0.960 bits per heavy atom. The Kier molecular flexibility index (Phi) is 4.40. The van der Waals surface area contributed by atoms with Crippen LogP contribution in [0.3, 0.4) is 0 Å². The number of fused-ring (bicyclic) bond motifs is 1. The molecule has 0 fully saturated rings. The molecule has 3 aromatic carbocycles. The number of nitrogens with zero attached hydrogens (tertiary/aromatic N) is 1. The van der Waals surface area contributed by atoms with Crippen LogP contribution in [0, 0.1) is 17.0 Å². The highest BCUT2D eigenvalue weighted by Gasteiger charge is 2.21. The number of nitrogens with two attached hydrogens (primary N) is 1. The fourth-order valence-corrected chi connectivity index (χ4v) is 3.02. The molecule has 0 heterocycles. The van der Waals surface area contributed by atoms with Crippen LogP contribution in [0.2, 0.25) is 0 Å². The predicted molar refractivity (Wildman–Crippen MR) is 98.4 cm³/mol. The van der Waals surface area contributed by atoms with E-state index in [4.69, 9.17) is 11.1 Å². The Morgan fingerprint density at radius 3 is 2.24 bits per heavy atom. The van der Waals surface area contributed by atoms with Gasteiger partial charge in [-0.1, -0.05) is 38.1 Å². The standard InChI is InChI=1S/C20H19F2N3/c1-12(2)16-11-13(21)7-9-19(16)25(20(23)24)18-10-8-17(22)14-5-3-4-6-15(14)18/h3-12H,1-2H3,(H3,23,24). The average molecular weight is 339 g/mol. The van der Waals surface area contributed by atoms with Gasteiger partial charge in [-0.05, 0) is 41.8 Å². The number of hydrogen-bond acceptors (Lipinski definition) is 1. The van der Waals surface area contributed by atoms with Gasteiger partial charge in [-0.2, -0.15) is 0 Å². The largest absolute Gasteiger partial charge is 0.369 e. The molecule has 3 N–H and O–H groups in total. The summed E-state index contributed by atoms with van der Waals surface area (Å²) in [4.78, 5) is 1.52. The van der Waals surface area contributed by atoms with Crippen molar-refractivity contribution in [3.05, 3.63) is 71.8 Å². The molecule has 3 nitrogen and oxygen atoms in total. The van der Waals surface area contributed by atoms with Crippen LogP contribution < -0.4 is 10.6 Å². The smallest absolute Gasteiger partial charge is 0.197 e. The van der Waals surface area contributed by atoms with E-state index in [1.165, 1.54) is 23.1 Å². The van der Waals surface area contributed by atoms with Gasteiger partial charge < -0.3 is 5.73 Å². The van der Waals surface area contributed by atoms with E-state index in [0.717, 1.165) is 5.56 Å². The highest BCUT2D eigenvalue weighted by molar-refractivity contribution is 6.08. The van der Waals surface area contributed by atoms with Crippen LogP contribution in [-0.4, -0.2) is 5.96 Å². The molecule has 0 saturated heterocycles. The van der Waals surface area contributed by atoms with E-state index < -0.39 is 0 Å². The monoisotopic (exact) mass is 339 g/mol. The minimum Gasteiger partial charge on any atom is -0.369 e. The SMILES string of the molecule is CC(C)c1cc(F)ccc1N(C(=N)N)c1ccc(F)c2ccccc12. The van der Waals surface area contributed by atoms with Gasteiger partial charge >= 0.3 is 0 Å². The molecule has 0 spiro atoms. The predicted octanol–water partition coefficient (Wildman–Crippen LogP) is 5.27. The molecule has 128 valence electrons. The first kappa shape index (κ1) is 16.9. The summed E-state index contributed by atoms with van der Waals surface area (Å²) in [6.07, 6.45) is 0. The topological polar surface area (TPSA) is 53.1 Å². The van der Waals surface area contributed by atoms with Crippen LogP contribution in [0.1, 0.15) is 25.3 Å². The molecule has 0 atom stereocenters. The van der Waals surface area contributed by atoms with Crippen molar-refractivity contribution < 1.29 is 8.78 Å². The number of anilines is 2. The molecule has 0 aromatic heterocycles. The maximum atomic E-state index is 14.1. The summed E-state index contributed by atoms with van der Waals surface area (Å²) in [5, 5.41) is 9.14. The Bertz CT molecular complexity index is 951. The van der Waals surface area contributed by atoms with Crippen LogP contribution in [0.4, 0.5) is 20.2 Å². The van der Waals surface area contributed by atoms with Crippen LogP contribution in [0.5, 0.6) is 0 Å². The van der Waals surface area contributed by atoms with Gasteiger partial charge in [0.2, 0.25) is 0 Å². The number of guanidine groups is 1. The number of nitrogens with one attached hydrogen (secondary N) is 1. The third kappa shape index (κ3) is 3.05. The van der Waals surface area contributed by atoms with E-state index in [1.54, 1.807) is 36.4 Å². The van der Waals surface area contributed by atoms with Gasteiger partial charge in [-0.25, -0.2) is 8.78 Å². The lowest BCUT2D eigenvalue weighted by Crippen LogP contribution is -2.33. The number of rotatable bonds is 3. The molecule has 0 aliphatic carbocycles. The van der Waals surface area contributed by atoms with Crippen LogP contribution in [-0.2, 0) is 0 Å². The maximum absolute atomic E-state index is 14.1. The second-order valence-electron chi connectivity index (χ2n) is 6.19. The Labute approximate surface area is 145 Å². The molecule has 0 radical (unpaired) electrons. The molecule has 0 aliphatic rings. The number of halogens is 2. The van der Waals surface area contributed by atoms with Gasteiger partial charge in [0.1, 0.15) is 11.6 Å². The molecule has 0 unspecified atom stereocenters. The van der Waals surface area contributed by atoms with Crippen molar-refractivity contribution in [2.24, 2.45) is 5.73 Å². The lowest BCUT2D eigenvalue weighted by atomic mass is 9.99. The molecule has 0 saturated carbocycles. The lowest BCUT2D eigenvalue weighted by molar-refractivity contribution is 0.623. The van der Waals surface area contributed by atoms with E-state index >= 15 is 0 Å². The zero-order valence-corrected chi connectivity index (χ0v) is 14.1. The van der Waals surface area contributed by atoms with E-state index in [9.17, 15) is 8.78 Å². The summed E-state index contributed by atoms with van der Waals surface area (Å²) in [6.45, 7) is 3.89. The molecular weight excluding hydrogens is 320 g/mol. The van der Waals surface area contributed by atoms with Crippen molar-refractivity contribution in [3.8, 4) is 0 Å². The van der Waals surface area contributed by atoms with Gasteiger partial charge in [0.25, 0.3) is 0 Å². The summed E-state index contributed by atoms with van der Waals surface area (Å²) < 4.78 is 27.9. The van der Waals surface area contributed by atoms with E-state index in [0.29, 0.717) is 22.1 Å². The Morgan fingerprint density at radius 2 is 1.60 bits per heavy atom. The molecule has 25 heavy (non-hydrogen) atoms. The molecule has 0 aliphatic heterocycles. The molecular formula is C20H19F2N3. The minimum atomic E-state index is -0.347. The van der Waals surface area contributed by atoms with Crippen molar-refractivity contribution in [1.29, 1.82) is 5.41 Å². The quantitative estimate of drug-likeness (QED) is 0.504.